The van der Waals surface area contributed by atoms with E-state index in [0.29, 0.717) is 5.25 Å². The SMILES string of the molecule is CC1Cn2c(nc3cc(CBr)sc3c2=O)S1. The van der Waals surface area contributed by atoms with Crippen LogP contribution in [-0.4, -0.2) is 14.8 Å². The summed E-state index contributed by atoms with van der Waals surface area (Å²) in [5.41, 5.74) is 0.964. The maximum atomic E-state index is 12.2. The van der Waals surface area contributed by atoms with Crippen molar-refractivity contribution in [1.82, 2.24) is 9.55 Å². The Hall–Kier alpha value is -0.330. The molecule has 0 bridgehead atoms. The lowest BCUT2D eigenvalue weighted by atomic mass is 10.4. The fraction of sp³-hybridized carbons (Fsp3) is 0.400. The highest BCUT2D eigenvalue weighted by Crippen LogP contribution is 2.31. The highest BCUT2D eigenvalue weighted by molar-refractivity contribution is 9.08. The Kier molecular flexibility index (Phi) is 2.60. The monoisotopic (exact) mass is 316 g/mol. The van der Waals surface area contributed by atoms with Gasteiger partial charge in [-0.25, -0.2) is 4.98 Å². The van der Waals surface area contributed by atoms with Crippen molar-refractivity contribution in [3.05, 3.63) is 21.3 Å². The molecule has 2 aromatic heterocycles. The molecular formula is C10H9BrN2OS2. The minimum atomic E-state index is 0.119. The van der Waals surface area contributed by atoms with Gasteiger partial charge >= 0.3 is 0 Å². The molecule has 1 aliphatic rings. The summed E-state index contributed by atoms with van der Waals surface area (Å²) in [4.78, 5) is 17.9. The first-order valence-electron chi connectivity index (χ1n) is 4.95. The number of rotatable bonds is 1. The third kappa shape index (κ3) is 1.55. The van der Waals surface area contributed by atoms with E-state index < -0.39 is 0 Å². The molecule has 3 rings (SSSR count). The quantitative estimate of drug-likeness (QED) is 0.599. The van der Waals surface area contributed by atoms with Gasteiger partial charge in [-0.1, -0.05) is 34.6 Å². The highest BCUT2D eigenvalue weighted by atomic mass is 79.9. The molecule has 0 fully saturated rings. The molecule has 0 radical (unpaired) electrons. The summed E-state index contributed by atoms with van der Waals surface area (Å²) in [6.45, 7) is 2.90. The van der Waals surface area contributed by atoms with Crippen molar-refractivity contribution in [1.29, 1.82) is 0 Å². The molecule has 1 atom stereocenters. The number of aromatic nitrogens is 2. The van der Waals surface area contributed by atoms with Crippen LogP contribution in [-0.2, 0) is 11.9 Å². The van der Waals surface area contributed by atoms with Crippen molar-refractivity contribution < 1.29 is 0 Å². The van der Waals surface area contributed by atoms with E-state index >= 15 is 0 Å². The van der Waals surface area contributed by atoms with Crippen LogP contribution in [0.5, 0.6) is 0 Å². The minimum absolute atomic E-state index is 0.119. The summed E-state index contributed by atoms with van der Waals surface area (Å²) in [5.74, 6) is 0. The number of alkyl halides is 1. The second kappa shape index (κ2) is 3.85. The van der Waals surface area contributed by atoms with Gasteiger partial charge in [0.25, 0.3) is 5.56 Å². The molecule has 6 heteroatoms. The zero-order chi connectivity index (χ0) is 11.3. The molecule has 0 saturated heterocycles. The van der Waals surface area contributed by atoms with Gasteiger partial charge in [0.1, 0.15) is 4.70 Å². The van der Waals surface area contributed by atoms with Gasteiger partial charge in [0.05, 0.1) is 5.52 Å². The number of fused-ring (bicyclic) bond motifs is 2. The molecule has 16 heavy (non-hydrogen) atoms. The van der Waals surface area contributed by atoms with Crippen molar-refractivity contribution in [2.45, 2.75) is 29.2 Å². The predicted molar refractivity (Wildman–Crippen MR) is 71.8 cm³/mol. The van der Waals surface area contributed by atoms with E-state index in [0.717, 1.165) is 32.1 Å². The van der Waals surface area contributed by atoms with Crippen LogP contribution in [0.1, 0.15) is 11.8 Å². The zero-order valence-electron chi connectivity index (χ0n) is 8.57. The third-order valence-corrected chi connectivity index (χ3v) is 5.69. The van der Waals surface area contributed by atoms with Crippen LogP contribution >= 0.6 is 39.0 Å². The second-order valence-electron chi connectivity index (χ2n) is 3.80. The van der Waals surface area contributed by atoms with Crippen molar-refractivity contribution in [2.75, 3.05) is 0 Å². The average molecular weight is 317 g/mol. The van der Waals surface area contributed by atoms with Gasteiger partial charge in [-0.2, -0.15) is 0 Å². The van der Waals surface area contributed by atoms with Crippen molar-refractivity contribution in [3.8, 4) is 0 Å². The molecule has 0 saturated carbocycles. The fourth-order valence-corrected chi connectivity index (χ4v) is 4.25. The lowest BCUT2D eigenvalue weighted by Gasteiger charge is -1.99. The number of nitrogens with zero attached hydrogens (tertiary/aromatic N) is 2. The van der Waals surface area contributed by atoms with Gasteiger partial charge in [0.2, 0.25) is 0 Å². The van der Waals surface area contributed by atoms with E-state index in [1.54, 1.807) is 16.3 Å². The number of thioether (sulfide) groups is 1. The minimum Gasteiger partial charge on any atom is -0.285 e. The van der Waals surface area contributed by atoms with Crippen LogP contribution in [0.2, 0.25) is 0 Å². The number of thiophene rings is 1. The van der Waals surface area contributed by atoms with Crippen LogP contribution in [0.3, 0.4) is 0 Å². The third-order valence-electron chi connectivity index (χ3n) is 2.53. The summed E-state index contributed by atoms with van der Waals surface area (Å²) in [5, 5.41) is 2.10. The fourth-order valence-electron chi connectivity index (χ4n) is 1.83. The molecule has 1 unspecified atom stereocenters. The largest absolute Gasteiger partial charge is 0.285 e. The summed E-state index contributed by atoms with van der Waals surface area (Å²) >= 11 is 6.63. The molecule has 0 spiro atoms. The average Bonchev–Trinajstić information content (AvgIpc) is 2.81. The van der Waals surface area contributed by atoms with Gasteiger partial charge in [-0.15, -0.1) is 11.3 Å². The number of hydrogen-bond donors (Lipinski definition) is 0. The Morgan fingerprint density at radius 2 is 2.50 bits per heavy atom. The number of halogens is 1. The smallest absolute Gasteiger partial charge is 0.272 e. The van der Waals surface area contributed by atoms with Crippen LogP contribution in [0.15, 0.2) is 16.0 Å². The van der Waals surface area contributed by atoms with E-state index in [2.05, 4.69) is 27.8 Å². The standard InChI is InChI=1S/C10H9BrN2OS2/c1-5-4-13-9(14)8-7(12-10(13)15-5)2-6(3-11)16-8/h2,5H,3-4H2,1H3. The van der Waals surface area contributed by atoms with E-state index in [4.69, 9.17) is 0 Å². The molecule has 1 aliphatic heterocycles. The van der Waals surface area contributed by atoms with E-state index in [1.165, 1.54) is 11.3 Å². The van der Waals surface area contributed by atoms with Crippen LogP contribution in [0.25, 0.3) is 10.2 Å². The van der Waals surface area contributed by atoms with Gasteiger partial charge in [0, 0.05) is 22.0 Å². The summed E-state index contributed by atoms with van der Waals surface area (Å²) in [6, 6.07) is 2.00. The molecule has 3 nitrogen and oxygen atoms in total. The predicted octanol–water partition coefficient (Wildman–Crippen LogP) is 2.85. The maximum Gasteiger partial charge on any atom is 0.272 e. The Labute approximate surface area is 109 Å². The van der Waals surface area contributed by atoms with Crippen molar-refractivity contribution in [3.63, 3.8) is 0 Å². The zero-order valence-corrected chi connectivity index (χ0v) is 11.8. The van der Waals surface area contributed by atoms with E-state index in [1.807, 2.05) is 6.07 Å². The molecule has 84 valence electrons. The lowest BCUT2D eigenvalue weighted by molar-refractivity contribution is 0.630. The highest BCUT2D eigenvalue weighted by Gasteiger charge is 2.23. The molecule has 3 heterocycles. The number of hydrogen-bond acceptors (Lipinski definition) is 4. The first-order valence-corrected chi connectivity index (χ1v) is 7.76. The Bertz CT molecular complexity index is 619. The van der Waals surface area contributed by atoms with Gasteiger partial charge < -0.3 is 0 Å². The molecule has 0 aliphatic carbocycles. The second-order valence-corrected chi connectivity index (χ2v) is 6.90. The first kappa shape index (κ1) is 10.8. The molecule has 0 N–H and O–H groups in total. The maximum absolute atomic E-state index is 12.2. The summed E-state index contributed by atoms with van der Waals surface area (Å²) in [7, 11) is 0. The lowest BCUT2D eigenvalue weighted by Crippen LogP contribution is -2.20. The topological polar surface area (TPSA) is 34.9 Å². The van der Waals surface area contributed by atoms with Crippen LogP contribution in [0.4, 0.5) is 0 Å². The molecule has 2 aromatic rings. The first-order chi connectivity index (χ1) is 7.69. The molecule has 0 amide bonds. The molecular weight excluding hydrogens is 308 g/mol. The van der Waals surface area contributed by atoms with E-state index in [-0.39, 0.29) is 5.56 Å². The van der Waals surface area contributed by atoms with Crippen molar-refractivity contribution >= 4 is 49.2 Å². The van der Waals surface area contributed by atoms with Crippen LogP contribution < -0.4 is 5.56 Å². The van der Waals surface area contributed by atoms with Crippen LogP contribution in [0, 0.1) is 0 Å². The Morgan fingerprint density at radius 3 is 3.25 bits per heavy atom. The Balaban J connectivity index is 2.31. The van der Waals surface area contributed by atoms with Gasteiger partial charge in [0.15, 0.2) is 5.16 Å². The van der Waals surface area contributed by atoms with Gasteiger partial charge in [-0.3, -0.25) is 9.36 Å². The summed E-state index contributed by atoms with van der Waals surface area (Å²) < 4.78 is 2.58. The van der Waals surface area contributed by atoms with Crippen molar-refractivity contribution in [2.24, 2.45) is 0 Å². The summed E-state index contributed by atoms with van der Waals surface area (Å²) in [6.07, 6.45) is 0. The normalized spacial score (nSPS) is 19.2. The van der Waals surface area contributed by atoms with Gasteiger partial charge in [-0.05, 0) is 6.07 Å². The molecule has 0 aromatic carbocycles. The van der Waals surface area contributed by atoms with E-state index in [9.17, 15) is 4.79 Å². The Morgan fingerprint density at radius 1 is 1.69 bits per heavy atom.